The molecule has 3 unspecified atom stereocenters. The van der Waals surface area contributed by atoms with Gasteiger partial charge in [-0.15, -0.1) is 0 Å². The second-order valence-corrected chi connectivity index (χ2v) is 2.94. The summed E-state index contributed by atoms with van der Waals surface area (Å²) in [6, 6.07) is 0. The molecule has 0 aromatic carbocycles. The molecule has 1 fully saturated rings. The van der Waals surface area contributed by atoms with Gasteiger partial charge in [0.05, 0.1) is 6.10 Å². The fourth-order valence-electron chi connectivity index (χ4n) is 1.28. The average molecular weight is 163 g/mol. The van der Waals surface area contributed by atoms with Crippen molar-refractivity contribution in [2.45, 2.75) is 12.2 Å². The van der Waals surface area contributed by atoms with Gasteiger partial charge in [0.2, 0.25) is 0 Å². The Morgan fingerprint density at radius 2 is 2.00 bits per heavy atom. The first-order valence-corrected chi connectivity index (χ1v) is 3.82. The van der Waals surface area contributed by atoms with E-state index in [2.05, 4.69) is 21.4 Å². The Morgan fingerprint density at radius 1 is 1.40 bits per heavy atom. The summed E-state index contributed by atoms with van der Waals surface area (Å²) in [5, 5.41) is 0. The largest absolute Gasteiger partial charge is 0.377 e. The van der Waals surface area contributed by atoms with E-state index in [1.165, 1.54) is 0 Å². The molecule has 0 amide bonds. The minimum atomic E-state index is 0.222. The molecule has 0 aliphatic carbocycles. The van der Waals surface area contributed by atoms with Gasteiger partial charge in [-0.1, -0.05) is 0 Å². The molecule has 60 valence electrons. The highest BCUT2D eigenvalue weighted by Gasteiger charge is 2.30. The lowest BCUT2D eigenvalue weighted by Crippen LogP contribution is -2.25. The van der Waals surface area contributed by atoms with Gasteiger partial charge in [0, 0.05) is 29.7 Å². The molecule has 0 bridgehead atoms. The maximum atomic E-state index is 5.21. The van der Waals surface area contributed by atoms with Crippen LogP contribution in [0.25, 0.3) is 0 Å². The van der Waals surface area contributed by atoms with E-state index < -0.39 is 0 Å². The van der Waals surface area contributed by atoms with Crippen LogP contribution in [0.1, 0.15) is 0 Å². The third-order valence-electron chi connectivity index (χ3n) is 1.88. The van der Waals surface area contributed by atoms with E-state index >= 15 is 0 Å². The standard InChI is InChI=1S/C6H14NO2P/c1-7-3-5(8-2)6(4-7)9-10/h5-6H,3-4,10H2,1-2H3. The zero-order valence-electron chi connectivity index (χ0n) is 6.41. The summed E-state index contributed by atoms with van der Waals surface area (Å²) in [7, 11) is 6.07. The molecule has 0 aromatic heterocycles. The lowest BCUT2D eigenvalue weighted by Gasteiger charge is -2.13. The van der Waals surface area contributed by atoms with Crippen LogP contribution in [-0.4, -0.2) is 44.4 Å². The lowest BCUT2D eigenvalue weighted by atomic mass is 10.3. The van der Waals surface area contributed by atoms with Crippen molar-refractivity contribution in [1.82, 2.24) is 4.90 Å². The zero-order valence-corrected chi connectivity index (χ0v) is 7.56. The number of likely N-dealkylation sites (tertiary alicyclic amines) is 1. The van der Waals surface area contributed by atoms with Gasteiger partial charge in [0.15, 0.2) is 0 Å². The lowest BCUT2D eigenvalue weighted by molar-refractivity contribution is 0.0429. The molecule has 1 rings (SSSR count). The second kappa shape index (κ2) is 3.63. The SMILES string of the molecule is COC1CN(C)CC1OP. The summed E-state index contributed by atoms with van der Waals surface area (Å²) >= 11 is 0. The molecule has 1 saturated heterocycles. The van der Waals surface area contributed by atoms with Crippen LogP contribution >= 0.6 is 9.47 Å². The van der Waals surface area contributed by atoms with Gasteiger partial charge >= 0.3 is 0 Å². The number of likely N-dealkylation sites (N-methyl/N-ethyl adjacent to an activating group) is 1. The molecule has 0 spiro atoms. The number of nitrogens with zero attached hydrogens (tertiary/aromatic N) is 1. The Labute approximate surface area is 64.0 Å². The molecule has 3 nitrogen and oxygen atoms in total. The van der Waals surface area contributed by atoms with E-state index in [0.29, 0.717) is 0 Å². The normalized spacial score (nSPS) is 35.1. The number of rotatable bonds is 2. The molecule has 1 aliphatic rings. The zero-order chi connectivity index (χ0) is 7.56. The monoisotopic (exact) mass is 163 g/mol. The predicted octanol–water partition coefficient (Wildman–Crippen LogP) is 0.122. The van der Waals surface area contributed by atoms with Crippen molar-refractivity contribution in [1.29, 1.82) is 0 Å². The molecule has 0 N–H and O–H groups in total. The van der Waals surface area contributed by atoms with Crippen molar-refractivity contribution in [2.75, 3.05) is 27.2 Å². The summed E-state index contributed by atoms with van der Waals surface area (Å²) in [6.45, 7) is 1.93. The van der Waals surface area contributed by atoms with Gasteiger partial charge in [0.25, 0.3) is 0 Å². The number of ether oxygens (including phenoxy) is 1. The van der Waals surface area contributed by atoms with E-state index in [0.717, 1.165) is 13.1 Å². The van der Waals surface area contributed by atoms with Crippen molar-refractivity contribution < 1.29 is 9.26 Å². The van der Waals surface area contributed by atoms with Crippen LogP contribution in [0.2, 0.25) is 0 Å². The first-order valence-electron chi connectivity index (χ1n) is 3.34. The van der Waals surface area contributed by atoms with Crippen LogP contribution in [0.4, 0.5) is 0 Å². The summed E-state index contributed by atoms with van der Waals surface area (Å²) in [6.07, 6.45) is 0.461. The van der Waals surface area contributed by atoms with E-state index in [-0.39, 0.29) is 12.2 Å². The van der Waals surface area contributed by atoms with E-state index in [9.17, 15) is 0 Å². The highest BCUT2D eigenvalue weighted by Crippen LogP contribution is 2.16. The Balaban J connectivity index is 2.41. The molecule has 1 heterocycles. The minimum absolute atomic E-state index is 0.222. The molecule has 0 aromatic rings. The van der Waals surface area contributed by atoms with Crippen LogP contribution in [0, 0.1) is 0 Å². The molecule has 1 aliphatic heterocycles. The van der Waals surface area contributed by atoms with Crippen LogP contribution in [0.15, 0.2) is 0 Å². The first kappa shape index (κ1) is 8.41. The Hall–Kier alpha value is 0.310. The Morgan fingerprint density at radius 3 is 2.40 bits per heavy atom. The van der Waals surface area contributed by atoms with Gasteiger partial charge in [-0.05, 0) is 7.05 Å². The van der Waals surface area contributed by atoms with E-state index in [1.54, 1.807) is 7.11 Å². The predicted molar refractivity (Wildman–Crippen MR) is 42.9 cm³/mol. The molecule has 10 heavy (non-hydrogen) atoms. The molecule has 0 saturated carbocycles. The topological polar surface area (TPSA) is 21.7 Å². The smallest absolute Gasteiger partial charge is 0.101 e. The fourth-order valence-corrected chi connectivity index (χ4v) is 1.54. The van der Waals surface area contributed by atoms with Crippen LogP contribution in [-0.2, 0) is 9.26 Å². The first-order chi connectivity index (χ1) is 4.77. The van der Waals surface area contributed by atoms with Crippen LogP contribution in [0.5, 0.6) is 0 Å². The maximum absolute atomic E-state index is 5.21. The third kappa shape index (κ3) is 1.67. The molecular weight excluding hydrogens is 149 g/mol. The fraction of sp³-hybridized carbons (Fsp3) is 1.00. The number of hydrogen-bond donors (Lipinski definition) is 0. The van der Waals surface area contributed by atoms with Crippen molar-refractivity contribution >= 4 is 9.47 Å². The molecule has 3 atom stereocenters. The number of methoxy groups -OCH3 is 1. The summed E-state index contributed by atoms with van der Waals surface area (Å²) in [5.74, 6) is 0. The molecule has 0 radical (unpaired) electrons. The van der Waals surface area contributed by atoms with Crippen molar-refractivity contribution in [3.05, 3.63) is 0 Å². The number of hydrogen-bond acceptors (Lipinski definition) is 3. The van der Waals surface area contributed by atoms with Gasteiger partial charge in [-0.2, -0.15) is 0 Å². The van der Waals surface area contributed by atoms with E-state index in [4.69, 9.17) is 9.26 Å². The van der Waals surface area contributed by atoms with Crippen molar-refractivity contribution in [2.24, 2.45) is 0 Å². The quantitative estimate of drug-likeness (QED) is 0.540. The highest BCUT2D eigenvalue weighted by atomic mass is 31.0. The van der Waals surface area contributed by atoms with Gasteiger partial charge in [0.1, 0.15) is 6.10 Å². The second-order valence-electron chi connectivity index (χ2n) is 2.67. The summed E-state index contributed by atoms with van der Waals surface area (Å²) in [4.78, 5) is 2.20. The average Bonchev–Trinajstić information content (AvgIpc) is 2.30. The van der Waals surface area contributed by atoms with Gasteiger partial charge < -0.3 is 14.2 Å². The van der Waals surface area contributed by atoms with Crippen LogP contribution in [0.3, 0.4) is 0 Å². The Bertz CT molecular complexity index is 99.9. The van der Waals surface area contributed by atoms with Crippen molar-refractivity contribution in [3.63, 3.8) is 0 Å². The van der Waals surface area contributed by atoms with Crippen LogP contribution < -0.4 is 0 Å². The highest BCUT2D eigenvalue weighted by molar-refractivity contribution is 7.09. The molecular formula is C6H14NO2P. The van der Waals surface area contributed by atoms with Crippen molar-refractivity contribution in [3.8, 4) is 0 Å². The maximum Gasteiger partial charge on any atom is 0.101 e. The van der Waals surface area contributed by atoms with E-state index in [1.807, 2.05) is 0 Å². The van der Waals surface area contributed by atoms with Gasteiger partial charge in [-0.25, -0.2) is 0 Å². The Kier molecular flexibility index (Phi) is 3.05. The van der Waals surface area contributed by atoms with Gasteiger partial charge in [-0.3, -0.25) is 0 Å². The third-order valence-corrected chi connectivity index (χ3v) is 2.23. The molecule has 4 heteroatoms. The summed E-state index contributed by atoms with van der Waals surface area (Å²) in [5.41, 5.74) is 0. The summed E-state index contributed by atoms with van der Waals surface area (Å²) < 4.78 is 10.3. The minimum Gasteiger partial charge on any atom is -0.377 e.